The Hall–Kier alpha value is -2.25. The van der Waals surface area contributed by atoms with Crippen LogP contribution in [0.2, 0.25) is 0 Å². The number of rotatable bonds is 4. The molecular formula is C47H78O11. The molecule has 3 heterocycles. The van der Waals surface area contributed by atoms with E-state index >= 15 is 0 Å². The van der Waals surface area contributed by atoms with Crippen LogP contribution in [0.1, 0.15) is 134 Å². The zero-order valence-electron chi connectivity index (χ0n) is 37.5. The van der Waals surface area contributed by atoms with E-state index in [1.54, 1.807) is 40.7 Å². The van der Waals surface area contributed by atoms with Crippen LogP contribution >= 0.6 is 0 Å². The topological polar surface area (TPSA) is 180 Å². The monoisotopic (exact) mass is 819 g/mol. The maximum absolute atomic E-state index is 14.0. The van der Waals surface area contributed by atoms with Gasteiger partial charge in [-0.1, -0.05) is 92.7 Å². The van der Waals surface area contributed by atoms with Gasteiger partial charge < -0.3 is 39.7 Å². The smallest absolute Gasteiger partial charge is 0.333 e. The standard InChI is InChI=1S/C47H78O11/c1-13-35-19-17-15-16-18-27(4)43(52)46(12,55)44(53)34(11)41(51)33(10)40(50)32(9)39(49)28(5)24-29(6)45(54)56-42-31(8)37(21-20-35)57-47(36(42)14-2)23-22-26(3)38(58-47)25-30(7)48/h15-17,19,24,26-28,30-39,41-43,48-49,51-52,55H,13-14,18,20-23,25H2,1-12H3/t26-,27+,28-,30+,31+,32+,33-,34-,35-,36+,37-,38-,39-,41+,42+,43-,46-,47?/m1/s1. The molecule has 58 heavy (non-hydrogen) atoms. The van der Waals surface area contributed by atoms with Gasteiger partial charge in [-0.25, -0.2) is 4.79 Å². The molecule has 1 unspecified atom stereocenters. The number of aliphatic hydroxyl groups is 5. The van der Waals surface area contributed by atoms with E-state index in [1.807, 2.05) is 18.2 Å². The van der Waals surface area contributed by atoms with Crippen LogP contribution in [0.25, 0.3) is 0 Å². The highest BCUT2D eigenvalue weighted by molar-refractivity contribution is 5.91. The molecule has 3 aliphatic heterocycles. The second-order valence-corrected chi connectivity index (χ2v) is 18.7. The summed E-state index contributed by atoms with van der Waals surface area (Å²) in [6.07, 6.45) is 9.11. The minimum Gasteiger partial charge on any atom is -0.458 e. The molecule has 2 fully saturated rings. The van der Waals surface area contributed by atoms with Crippen molar-refractivity contribution in [3.8, 4) is 0 Å². The Bertz CT molecular complexity index is 1450. The summed E-state index contributed by atoms with van der Waals surface area (Å²) < 4.78 is 20.5. The third kappa shape index (κ3) is 11.8. The summed E-state index contributed by atoms with van der Waals surface area (Å²) in [5.74, 6) is -7.20. The quantitative estimate of drug-likeness (QED) is 0.192. The maximum atomic E-state index is 14.0. The molecule has 0 saturated carbocycles. The van der Waals surface area contributed by atoms with E-state index in [1.165, 1.54) is 20.8 Å². The van der Waals surface area contributed by atoms with Crippen molar-refractivity contribution in [2.75, 3.05) is 0 Å². The highest BCUT2D eigenvalue weighted by atomic mass is 16.7. The Morgan fingerprint density at radius 3 is 2.09 bits per heavy atom. The third-order valence-electron chi connectivity index (χ3n) is 13.9. The van der Waals surface area contributed by atoms with Crippen LogP contribution in [-0.2, 0) is 28.6 Å². The number of fused-ring (bicyclic) bond motifs is 2. The Kier molecular flexibility index (Phi) is 18.6. The number of esters is 1. The second-order valence-electron chi connectivity index (χ2n) is 18.7. The number of hydrogen-bond donors (Lipinski definition) is 5. The van der Waals surface area contributed by atoms with Gasteiger partial charge in [0.1, 0.15) is 17.5 Å². The first-order chi connectivity index (χ1) is 27.0. The van der Waals surface area contributed by atoms with Crippen LogP contribution in [0.15, 0.2) is 36.0 Å². The molecule has 0 aliphatic carbocycles. The predicted octanol–water partition coefficient (Wildman–Crippen LogP) is 6.66. The van der Waals surface area contributed by atoms with Crippen molar-refractivity contribution in [3.63, 3.8) is 0 Å². The number of ketones is 2. The van der Waals surface area contributed by atoms with Gasteiger partial charge in [-0.3, -0.25) is 9.59 Å². The summed E-state index contributed by atoms with van der Waals surface area (Å²) >= 11 is 0. The fourth-order valence-electron chi connectivity index (χ4n) is 9.63. The molecule has 18 atom stereocenters. The van der Waals surface area contributed by atoms with Gasteiger partial charge in [0.2, 0.25) is 0 Å². The van der Waals surface area contributed by atoms with Crippen LogP contribution in [0.5, 0.6) is 0 Å². The van der Waals surface area contributed by atoms with Crippen LogP contribution in [0, 0.1) is 53.3 Å². The third-order valence-corrected chi connectivity index (χ3v) is 13.9. The minimum atomic E-state index is -2.19. The fourth-order valence-corrected chi connectivity index (χ4v) is 9.63. The van der Waals surface area contributed by atoms with E-state index in [-0.39, 0.29) is 41.5 Å². The fraction of sp³-hybridized carbons (Fsp3) is 0.809. The summed E-state index contributed by atoms with van der Waals surface area (Å²) in [5, 5.41) is 55.4. The molecule has 1 spiro atoms. The summed E-state index contributed by atoms with van der Waals surface area (Å²) in [6, 6.07) is 0. The van der Waals surface area contributed by atoms with E-state index in [4.69, 9.17) is 14.2 Å². The van der Waals surface area contributed by atoms with Crippen LogP contribution in [0.4, 0.5) is 0 Å². The van der Waals surface area contributed by atoms with E-state index in [9.17, 15) is 39.9 Å². The predicted molar refractivity (Wildman–Crippen MR) is 224 cm³/mol. The second kappa shape index (κ2) is 21.5. The minimum absolute atomic E-state index is 0.168. The highest BCUT2D eigenvalue weighted by Crippen LogP contribution is 2.50. The molecule has 3 rings (SSSR count). The Morgan fingerprint density at radius 2 is 1.48 bits per heavy atom. The highest BCUT2D eigenvalue weighted by Gasteiger charge is 2.57. The molecule has 0 amide bonds. The molecule has 0 radical (unpaired) electrons. The van der Waals surface area contributed by atoms with E-state index < -0.39 is 89.0 Å². The summed E-state index contributed by atoms with van der Waals surface area (Å²) in [7, 11) is 0. The summed E-state index contributed by atoms with van der Waals surface area (Å²) in [4.78, 5) is 41.2. The van der Waals surface area contributed by atoms with Gasteiger partial charge in [-0.05, 0) is 83.5 Å². The van der Waals surface area contributed by atoms with Crippen molar-refractivity contribution in [2.45, 2.75) is 189 Å². The molecule has 2 bridgehead atoms. The van der Waals surface area contributed by atoms with Crippen molar-refractivity contribution in [3.05, 3.63) is 36.0 Å². The first kappa shape index (κ1) is 50.1. The zero-order chi connectivity index (χ0) is 43.9. The number of carbonyl (C=O) groups excluding carboxylic acids is 3. The van der Waals surface area contributed by atoms with Gasteiger partial charge in [0.25, 0.3) is 0 Å². The molecule has 11 nitrogen and oxygen atoms in total. The van der Waals surface area contributed by atoms with Crippen molar-refractivity contribution < 1.29 is 54.1 Å². The van der Waals surface area contributed by atoms with Gasteiger partial charge in [-0.15, -0.1) is 0 Å². The van der Waals surface area contributed by atoms with Gasteiger partial charge >= 0.3 is 5.97 Å². The van der Waals surface area contributed by atoms with Crippen LogP contribution < -0.4 is 0 Å². The lowest BCUT2D eigenvalue weighted by Gasteiger charge is -2.56. The first-order valence-corrected chi connectivity index (χ1v) is 22.1. The van der Waals surface area contributed by atoms with Crippen molar-refractivity contribution in [1.29, 1.82) is 0 Å². The van der Waals surface area contributed by atoms with Crippen molar-refractivity contribution in [2.24, 2.45) is 53.3 Å². The average Bonchev–Trinajstić information content (AvgIpc) is 3.18. The van der Waals surface area contributed by atoms with Gasteiger partial charge in [0.05, 0.1) is 42.5 Å². The largest absolute Gasteiger partial charge is 0.458 e. The van der Waals surface area contributed by atoms with Crippen LogP contribution in [0.3, 0.4) is 0 Å². The number of ether oxygens (including phenoxy) is 3. The molecule has 3 aliphatic rings. The maximum Gasteiger partial charge on any atom is 0.333 e. The van der Waals surface area contributed by atoms with E-state index in [0.29, 0.717) is 32.1 Å². The lowest BCUT2D eigenvalue weighted by molar-refractivity contribution is -0.374. The van der Waals surface area contributed by atoms with E-state index in [2.05, 4.69) is 33.8 Å². The molecule has 2 saturated heterocycles. The first-order valence-electron chi connectivity index (χ1n) is 22.1. The van der Waals surface area contributed by atoms with Crippen molar-refractivity contribution in [1.82, 2.24) is 0 Å². The van der Waals surface area contributed by atoms with Crippen molar-refractivity contribution >= 4 is 17.5 Å². The molecular weight excluding hydrogens is 741 g/mol. The molecule has 5 N–H and O–H groups in total. The Morgan fingerprint density at radius 1 is 0.845 bits per heavy atom. The summed E-state index contributed by atoms with van der Waals surface area (Å²) in [5.41, 5.74) is -1.91. The normalized spacial score (nSPS) is 44.1. The lowest BCUT2D eigenvalue weighted by atomic mass is 9.73. The number of Topliss-reactive ketones (excluding diaryl/α,β-unsaturated/α-hetero) is 2. The molecule has 332 valence electrons. The lowest BCUT2D eigenvalue weighted by Crippen LogP contribution is -2.63. The van der Waals surface area contributed by atoms with Gasteiger partial charge in [0, 0.05) is 41.6 Å². The number of carbonyl (C=O) groups is 3. The molecule has 0 aromatic rings. The Labute approximate surface area is 348 Å². The molecule has 0 aromatic carbocycles. The summed E-state index contributed by atoms with van der Waals surface area (Å²) in [6.45, 7) is 20.9. The average molecular weight is 819 g/mol. The van der Waals surface area contributed by atoms with Gasteiger partial charge in [0.15, 0.2) is 11.6 Å². The van der Waals surface area contributed by atoms with Crippen LogP contribution in [-0.4, -0.2) is 97.2 Å². The van der Waals surface area contributed by atoms with Gasteiger partial charge in [-0.2, -0.15) is 0 Å². The number of hydrogen-bond acceptors (Lipinski definition) is 11. The molecule has 0 aromatic heterocycles. The Balaban J connectivity index is 2.05. The zero-order valence-corrected chi connectivity index (χ0v) is 37.5. The molecule has 11 heteroatoms. The SMILES string of the molecule is CC[C@@H]1C=CC=CC[C@H](C)[C@@H](O)[C@@](C)(O)C(=O)[C@H](C)[C@@H](O)[C@H](C)C(=O)[C@@H](C)[C@H](O)[C@H](C)C=C(C)C(=O)O[C@H]2[C@@H](C)[C@@H](CC1)OC1(CC[C@@H](C)[C@@H](C[C@H](C)O)O1)[C@H]2CC. The number of allylic oxidation sites excluding steroid dienone is 4. The van der Waals surface area contributed by atoms with E-state index in [0.717, 1.165) is 19.3 Å². The number of aliphatic hydroxyl groups excluding tert-OH is 4.